The van der Waals surface area contributed by atoms with Crippen molar-refractivity contribution in [3.05, 3.63) is 101 Å². The van der Waals surface area contributed by atoms with E-state index in [1.54, 1.807) is 0 Å². The van der Waals surface area contributed by atoms with Crippen LogP contribution in [-0.4, -0.2) is 36.4 Å². The van der Waals surface area contributed by atoms with E-state index in [4.69, 9.17) is 4.74 Å². The van der Waals surface area contributed by atoms with Gasteiger partial charge in [-0.1, -0.05) is 73.9 Å². The molecule has 6 rings (SSSR count). The van der Waals surface area contributed by atoms with Crippen LogP contribution in [0.2, 0.25) is 0 Å². The summed E-state index contributed by atoms with van der Waals surface area (Å²) in [5.74, 6) is 1.24. The van der Waals surface area contributed by atoms with Gasteiger partial charge in [0.2, 0.25) is 6.41 Å². The quantitative estimate of drug-likeness (QED) is 0.353. The van der Waals surface area contributed by atoms with Crippen LogP contribution >= 0.6 is 0 Å². The highest BCUT2D eigenvalue weighted by Crippen LogP contribution is 2.40. The van der Waals surface area contributed by atoms with Gasteiger partial charge in [0.25, 0.3) is 5.91 Å². The van der Waals surface area contributed by atoms with E-state index in [1.807, 2.05) is 42.5 Å². The maximum absolute atomic E-state index is 13.4. The molecule has 3 aromatic rings. The summed E-state index contributed by atoms with van der Waals surface area (Å²) in [6.07, 6.45) is 9.57. The molecule has 0 aromatic heterocycles. The van der Waals surface area contributed by atoms with Crippen molar-refractivity contribution in [3.8, 4) is 5.75 Å². The Bertz CT molecular complexity index is 1200. The lowest BCUT2D eigenvalue weighted by atomic mass is 9.84. The summed E-state index contributed by atoms with van der Waals surface area (Å²) in [5.41, 5.74) is 5.90. The van der Waals surface area contributed by atoms with Crippen molar-refractivity contribution in [3.63, 3.8) is 0 Å². The number of amides is 2. The maximum Gasteiger partial charge on any atom is 0.254 e. The van der Waals surface area contributed by atoms with Crippen LogP contribution in [0, 0.1) is 0 Å². The molecule has 2 heterocycles. The summed E-state index contributed by atoms with van der Waals surface area (Å²) in [6.45, 7) is 1.49. The molecule has 0 spiro atoms. The molecule has 1 atom stereocenters. The highest BCUT2D eigenvalue weighted by atomic mass is 16.5. The van der Waals surface area contributed by atoms with Gasteiger partial charge in [0.05, 0.1) is 12.6 Å². The van der Waals surface area contributed by atoms with Gasteiger partial charge in [-0.15, -0.1) is 0 Å². The van der Waals surface area contributed by atoms with Gasteiger partial charge in [-0.3, -0.25) is 9.59 Å². The minimum Gasteiger partial charge on any atom is -0.493 e. The lowest BCUT2D eigenvalue weighted by molar-refractivity contribution is -0.109. The van der Waals surface area contributed by atoms with Crippen LogP contribution in [0.4, 0.5) is 0 Å². The third-order valence-electron chi connectivity index (χ3n) is 7.78. The second kappa shape index (κ2) is 12.1. The van der Waals surface area contributed by atoms with E-state index in [0.717, 1.165) is 56.4 Å². The molecule has 37 heavy (non-hydrogen) atoms. The Morgan fingerprint density at radius 2 is 1.70 bits per heavy atom. The monoisotopic (exact) mass is 496 g/mol. The predicted octanol–water partition coefficient (Wildman–Crippen LogP) is 5.67. The summed E-state index contributed by atoms with van der Waals surface area (Å²) in [4.78, 5) is 25.5. The Morgan fingerprint density at radius 1 is 0.919 bits per heavy atom. The minimum atomic E-state index is 0.145. The molecule has 192 valence electrons. The number of carbonyl (C=O) groups excluding carboxylic acids is 2. The van der Waals surface area contributed by atoms with Crippen molar-refractivity contribution in [2.45, 2.75) is 63.5 Å². The van der Waals surface area contributed by atoms with Crippen LogP contribution in [0.15, 0.2) is 72.8 Å². The van der Waals surface area contributed by atoms with Gasteiger partial charge in [0.1, 0.15) is 5.75 Å². The van der Waals surface area contributed by atoms with Crippen molar-refractivity contribution in [1.82, 2.24) is 10.2 Å². The summed E-state index contributed by atoms with van der Waals surface area (Å²) < 4.78 is 5.68. The standard InChI is InChI=1S/C23H25NO2.C9H11NO/c25-23-20-9-5-4-6-16(20)15-21(24(23)19-7-2-1-3-8-19)17-10-11-22-18(14-17)12-13-26-22;11-8-10-7-6-9-4-2-1-3-5-9/h4-6,9-11,14,19,21H,1-3,7-8,12-13,15H2;1-5,8H,6-7H2,(H,10,11). The Hall–Kier alpha value is -3.60. The molecule has 1 N–H and O–H groups in total. The summed E-state index contributed by atoms with van der Waals surface area (Å²) in [5, 5.41) is 2.62. The fraction of sp³-hybridized carbons (Fsp3) is 0.375. The molecule has 1 fully saturated rings. The van der Waals surface area contributed by atoms with E-state index in [2.05, 4.69) is 40.5 Å². The normalized spacial score (nSPS) is 18.6. The molecular formula is C32H36N2O3. The molecule has 0 saturated heterocycles. The summed E-state index contributed by atoms with van der Waals surface area (Å²) >= 11 is 0. The van der Waals surface area contributed by atoms with Crippen molar-refractivity contribution in [2.24, 2.45) is 0 Å². The lowest BCUT2D eigenvalue weighted by Gasteiger charge is -2.43. The predicted molar refractivity (Wildman–Crippen MR) is 146 cm³/mol. The van der Waals surface area contributed by atoms with Gasteiger partial charge in [-0.25, -0.2) is 0 Å². The van der Waals surface area contributed by atoms with Gasteiger partial charge < -0.3 is 15.0 Å². The molecule has 1 unspecified atom stereocenters. The highest BCUT2D eigenvalue weighted by molar-refractivity contribution is 5.97. The number of nitrogens with one attached hydrogen (secondary N) is 1. The molecule has 0 radical (unpaired) electrons. The Morgan fingerprint density at radius 3 is 2.51 bits per heavy atom. The zero-order valence-electron chi connectivity index (χ0n) is 21.4. The van der Waals surface area contributed by atoms with Gasteiger partial charge in [0.15, 0.2) is 0 Å². The van der Waals surface area contributed by atoms with E-state index in [9.17, 15) is 9.59 Å². The van der Waals surface area contributed by atoms with Crippen LogP contribution < -0.4 is 10.1 Å². The fourth-order valence-corrected chi connectivity index (χ4v) is 5.89. The smallest absolute Gasteiger partial charge is 0.254 e. The molecule has 3 aliphatic rings. The number of ether oxygens (including phenoxy) is 1. The first-order chi connectivity index (χ1) is 18.2. The molecule has 2 aliphatic heterocycles. The second-order valence-corrected chi connectivity index (χ2v) is 10.2. The first-order valence-electron chi connectivity index (χ1n) is 13.6. The second-order valence-electron chi connectivity index (χ2n) is 10.2. The number of hydrogen-bond acceptors (Lipinski definition) is 3. The van der Waals surface area contributed by atoms with Gasteiger partial charge in [-0.2, -0.15) is 0 Å². The number of hydrogen-bond donors (Lipinski definition) is 1. The summed E-state index contributed by atoms with van der Waals surface area (Å²) in [6, 6.07) is 25.3. The van der Waals surface area contributed by atoms with Gasteiger partial charge in [-0.05, 0) is 66.1 Å². The minimum absolute atomic E-state index is 0.145. The maximum atomic E-state index is 13.4. The lowest BCUT2D eigenvalue weighted by Crippen LogP contribution is -2.47. The number of rotatable bonds is 6. The average molecular weight is 497 g/mol. The van der Waals surface area contributed by atoms with E-state index in [-0.39, 0.29) is 11.9 Å². The molecule has 5 heteroatoms. The van der Waals surface area contributed by atoms with Crippen molar-refractivity contribution < 1.29 is 14.3 Å². The van der Waals surface area contributed by atoms with Crippen LogP contribution in [-0.2, 0) is 24.1 Å². The van der Waals surface area contributed by atoms with Crippen LogP contribution in [0.5, 0.6) is 5.75 Å². The Balaban J connectivity index is 0.000000215. The zero-order valence-corrected chi connectivity index (χ0v) is 21.4. The van der Waals surface area contributed by atoms with E-state index in [1.165, 1.54) is 41.5 Å². The molecule has 2 amide bonds. The third-order valence-corrected chi connectivity index (χ3v) is 7.78. The zero-order chi connectivity index (χ0) is 25.5. The van der Waals surface area contributed by atoms with E-state index in [0.29, 0.717) is 12.6 Å². The first-order valence-corrected chi connectivity index (χ1v) is 13.6. The SMILES string of the molecule is O=C1c2ccccc2CC(c2ccc3c(c2)CCO3)N1C1CCCCC1.O=CNCCc1ccccc1. The Kier molecular flexibility index (Phi) is 8.19. The largest absolute Gasteiger partial charge is 0.493 e. The van der Waals surface area contributed by atoms with Crippen LogP contribution in [0.1, 0.15) is 70.8 Å². The van der Waals surface area contributed by atoms with Crippen molar-refractivity contribution >= 4 is 12.3 Å². The van der Waals surface area contributed by atoms with E-state index < -0.39 is 0 Å². The van der Waals surface area contributed by atoms with Gasteiger partial charge in [0, 0.05) is 24.6 Å². The number of benzene rings is 3. The van der Waals surface area contributed by atoms with Crippen LogP contribution in [0.25, 0.3) is 0 Å². The van der Waals surface area contributed by atoms with Crippen molar-refractivity contribution in [1.29, 1.82) is 0 Å². The third kappa shape index (κ3) is 5.87. The summed E-state index contributed by atoms with van der Waals surface area (Å²) in [7, 11) is 0. The average Bonchev–Trinajstić information content (AvgIpc) is 3.43. The van der Waals surface area contributed by atoms with Crippen LogP contribution in [0.3, 0.4) is 0 Å². The molecule has 5 nitrogen and oxygen atoms in total. The molecule has 1 aliphatic carbocycles. The number of fused-ring (bicyclic) bond motifs is 2. The number of carbonyl (C=O) groups is 2. The first kappa shape index (κ1) is 25.1. The number of nitrogens with zero attached hydrogens (tertiary/aromatic N) is 1. The molecule has 1 saturated carbocycles. The highest BCUT2D eigenvalue weighted by Gasteiger charge is 2.38. The van der Waals surface area contributed by atoms with Gasteiger partial charge >= 0.3 is 0 Å². The molecular weight excluding hydrogens is 460 g/mol. The topological polar surface area (TPSA) is 58.6 Å². The Labute approximate surface area is 219 Å². The fourth-order valence-electron chi connectivity index (χ4n) is 5.89. The molecule has 3 aromatic carbocycles. The van der Waals surface area contributed by atoms with Crippen molar-refractivity contribution in [2.75, 3.05) is 13.2 Å². The molecule has 0 bridgehead atoms. The van der Waals surface area contributed by atoms with E-state index >= 15 is 0 Å².